The van der Waals surface area contributed by atoms with Gasteiger partial charge in [-0.3, -0.25) is 0 Å². The number of aromatic nitrogens is 6. The van der Waals surface area contributed by atoms with Gasteiger partial charge in [0.2, 0.25) is 0 Å². The Hall–Kier alpha value is -12.4. The zero-order valence-electron chi connectivity index (χ0n) is 53.8. The molecule has 0 atom stereocenters. The molecule has 0 saturated carbocycles. The lowest BCUT2D eigenvalue weighted by atomic mass is 10.0. The van der Waals surface area contributed by atoms with Crippen molar-refractivity contribution in [3.63, 3.8) is 0 Å². The first-order valence-corrected chi connectivity index (χ1v) is 37.0. The molecule has 474 valence electrons. The van der Waals surface area contributed by atoms with Crippen LogP contribution in [0.15, 0.2) is 300 Å². The molecule has 0 saturated heterocycles. The molecule has 102 heavy (non-hydrogen) atoms. The molecule has 0 aliphatic rings. The molecule has 22 rings (SSSR count). The second-order valence-corrected chi connectivity index (χ2v) is 30.2. The lowest BCUT2D eigenvalue weighted by molar-refractivity contribution is 0.668. The molecule has 0 N–H and O–H groups in total. The molecule has 22 aromatic rings. The van der Waals surface area contributed by atoms with Gasteiger partial charge < -0.3 is 8.83 Å². The molecular formula is C90H48N6O2S4. The van der Waals surface area contributed by atoms with Crippen molar-refractivity contribution in [2.45, 2.75) is 0 Å². The lowest BCUT2D eigenvalue weighted by Gasteiger charge is -2.10. The summed E-state index contributed by atoms with van der Waals surface area (Å²) in [4.78, 5) is 31.5. The van der Waals surface area contributed by atoms with Crippen LogP contribution in [0.5, 0.6) is 0 Å². The van der Waals surface area contributed by atoms with Crippen molar-refractivity contribution >= 4 is 170 Å². The zero-order valence-corrected chi connectivity index (χ0v) is 57.1. The highest BCUT2D eigenvalue weighted by Gasteiger charge is 2.23. The third kappa shape index (κ3) is 9.24. The zero-order chi connectivity index (χ0) is 66.7. The van der Waals surface area contributed by atoms with Gasteiger partial charge in [0, 0.05) is 136 Å². The summed E-state index contributed by atoms with van der Waals surface area (Å²) in [5.41, 5.74) is 15.5. The van der Waals surface area contributed by atoms with E-state index in [1.165, 1.54) is 98.2 Å². The number of thiophene rings is 4. The van der Waals surface area contributed by atoms with Crippen molar-refractivity contribution in [2.75, 3.05) is 0 Å². The molecule has 0 fully saturated rings. The molecule has 0 radical (unpaired) electrons. The van der Waals surface area contributed by atoms with Crippen molar-refractivity contribution in [1.82, 2.24) is 29.9 Å². The SMILES string of the molecule is c1ccc(-c2nc(-c3ccc4c(c3)sc3ccc(-c5cccc6c5sc5ccccc56)cc34)nc(-c3ccc4oc5cc(-c6ccc(-c7nc(-c8ccc9c(c8)sc8ccc(-c%10cccc%11c%10sc%10ccccc%10%11)cc89)nc(-c8cccc9oc%10ccccc%10c89)n7)cc6)ccc5c4c3)n2)cc1. The summed E-state index contributed by atoms with van der Waals surface area (Å²) in [5, 5.41) is 14.0. The summed E-state index contributed by atoms with van der Waals surface area (Å²) in [6, 6.07) is 103. The molecule has 0 amide bonds. The molecule has 0 aliphatic heterocycles. The van der Waals surface area contributed by atoms with Crippen molar-refractivity contribution in [3.8, 4) is 102 Å². The topological polar surface area (TPSA) is 104 Å². The maximum absolute atomic E-state index is 6.68. The van der Waals surface area contributed by atoms with Crippen LogP contribution in [0.4, 0.5) is 0 Å². The second-order valence-electron chi connectivity index (χ2n) is 26.0. The Morgan fingerprint density at radius 2 is 0.588 bits per heavy atom. The molecule has 0 unspecified atom stereocenters. The fraction of sp³-hybridized carbons (Fsp3) is 0. The van der Waals surface area contributed by atoms with Gasteiger partial charge in [-0.05, 0) is 124 Å². The summed E-state index contributed by atoms with van der Waals surface area (Å²) < 4.78 is 23.1. The van der Waals surface area contributed by atoms with E-state index in [1.54, 1.807) is 22.7 Å². The maximum Gasteiger partial charge on any atom is 0.164 e. The van der Waals surface area contributed by atoms with Crippen LogP contribution in [0.2, 0.25) is 0 Å². The largest absolute Gasteiger partial charge is 0.456 e. The van der Waals surface area contributed by atoms with Crippen LogP contribution in [0.1, 0.15) is 0 Å². The quantitative estimate of drug-likeness (QED) is 0.141. The number of benzene rings is 14. The first-order valence-electron chi connectivity index (χ1n) is 33.8. The monoisotopic (exact) mass is 1370 g/mol. The van der Waals surface area contributed by atoms with Gasteiger partial charge in [0.15, 0.2) is 34.9 Å². The number of furan rings is 2. The summed E-state index contributed by atoms with van der Waals surface area (Å²) in [6.45, 7) is 0. The van der Waals surface area contributed by atoms with Crippen LogP contribution >= 0.6 is 45.3 Å². The van der Waals surface area contributed by atoms with E-state index >= 15 is 0 Å². The summed E-state index contributed by atoms with van der Waals surface area (Å²) in [7, 11) is 0. The minimum atomic E-state index is 0.566. The molecular weight excluding hydrogens is 1330 g/mol. The molecule has 8 aromatic heterocycles. The van der Waals surface area contributed by atoms with E-state index in [0.717, 1.165) is 93.1 Å². The predicted octanol–water partition coefficient (Wildman–Crippen LogP) is 26.3. The van der Waals surface area contributed by atoms with E-state index in [9.17, 15) is 0 Å². The van der Waals surface area contributed by atoms with Crippen LogP contribution in [0.25, 0.3) is 226 Å². The second kappa shape index (κ2) is 22.5. The number of nitrogens with zero attached hydrogens (tertiary/aromatic N) is 6. The summed E-state index contributed by atoms with van der Waals surface area (Å²) in [5.74, 6) is 3.51. The number of rotatable bonds is 9. The van der Waals surface area contributed by atoms with Gasteiger partial charge in [-0.1, -0.05) is 200 Å². The van der Waals surface area contributed by atoms with Gasteiger partial charge >= 0.3 is 0 Å². The highest BCUT2D eigenvalue weighted by Crippen LogP contribution is 2.47. The van der Waals surface area contributed by atoms with E-state index in [1.807, 2.05) is 83.3 Å². The van der Waals surface area contributed by atoms with Gasteiger partial charge in [-0.2, -0.15) is 0 Å². The molecule has 8 heterocycles. The normalized spacial score (nSPS) is 12.1. The average Bonchev–Trinajstić information content (AvgIpc) is 1.59. The van der Waals surface area contributed by atoms with E-state index in [0.29, 0.717) is 34.9 Å². The van der Waals surface area contributed by atoms with E-state index in [-0.39, 0.29) is 0 Å². The minimum Gasteiger partial charge on any atom is -0.456 e. The molecule has 0 aliphatic carbocycles. The van der Waals surface area contributed by atoms with Crippen LogP contribution in [0, 0.1) is 0 Å². The smallest absolute Gasteiger partial charge is 0.164 e. The average molecular weight is 1370 g/mol. The molecule has 0 spiro atoms. The van der Waals surface area contributed by atoms with Crippen molar-refractivity contribution in [2.24, 2.45) is 0 Å². The number of para-hydroxylation sites is 1. The summed E-state index contributed by atoms with van der Waals surface area (Å²) >= 11 is 7.32. The standard InChI is InChI=1S/C90H48N6O2S4/c1-2-13-50(14-3-1)85-91-87(94-88(92-85)56-32-38-63-70-43-53(35-41-78(70)99-80(63)47-56)58-18-10-20-65-61-15-5-8-25-76(61)101-83(58)65)55-34-40-73-69(45-55)60-37-31-52(46-75(60)98-73)49-27-29-51(30-28-49)86-93-89(96-90(95-86)68-22-12-24-74-82(68)67-17-4-7-23-72(67)97-74)57-33-39-64-71-44-54(36-42-79(71)100-81(64)48-57)59-19-11-21-66-62-16-6-9-26-77(62)102-84(59)66/h1-48H. The Morgan fingerprint density at radius 1 is 0.186 bits per heavy atom. The van der Waals surface area contributed by atoms with Crippen LogP contribution in [-0.2, 0) is 0 Å². The molecule has 12 heteroatoms. The Kier molecular flexibility index (Phi) is 12.7. The number of fused-ring (bicyclic) bond motifs is 18. The van der Waals surface area contributed by atoms with E-state index in [2.05, 4.69) is 231 Å². The predicted molar refractivity (Wildman–Crippen MR) is 428 cm³/mol. The highest BCUT2D eigenvalue weighted by atomic mass is 32.1. The Balaban J connectivity index is 0.594. The Morgan fingerprint density at radius 3 is 1.22 bits per heavy atom. The number of hydrogen-bond donors (Lipinski definition) is 0. The van der Waals surface area contributed by atoms with Crippen LogP contribution in [-0.4, -0.2) is 29.9 Å². The summed E-state index contributed by atoms with van der Waals surface area (Å²) in [6.07, 6.45) is 0. The van der Waals surface area contributed by atoms with Crippen molar-refractivity contribution < 1.29 is 8.83 Å². The molecule has 8 nitrogen and oxygen atoms in total. The fourth-order valence-corrected chi connectivity index (χ4v) is 19.8. The van der Waals surface area contributed by atoms with E-state index < -0.39 is 0 Å². The van der Waals surface area contributed by atoms with Gasteiger partial charge in [-0.15, -0.1) is 45.3 Å². The van der Waals surface area contributed by atoms with Crippen molar-refractivity contribution in [3.05, 3.63) is 291 Å². The third-order valence-corrected chi connectivity index (χ3v) is 24.7. The minimum absolute atomic E-state index is 0.566. The van der Waals surface area contributed by atoms with Crippen LogP contribution in [0.3, 0.4) is 0 Å². The van der Waals surface area contributed by atoms with Gasteiger partial charge in [0.1, 0.15) is 22.3 Å². The first kappa shape index (κ1) is 57.5. The Labute approximate surface area is 597 Å². The van der Waals surface area contributed by atoms with E-state index in [4.69, 9.17) is 38.7 Å². The van der Waals surface area contributed by atoms with Gasteiger partial charge in [-0.25, -0.2) is 29.9 Å². The fourth-order valence-electron chi connectivity index (χ4n) is 15.1. The molecule has 0 bridgehead atoms. The maximum atomic E-state index is 6.68. The van der Waals surface area contributed by atoms with Gasteiger partial charge in [0.05, 0.1) is 0 Å². The lowest BCUT2D eigenvalue weighted by Crippen LogP contribution is -2.00. The van der Waals surface area contributed by atoms with Gasteiger partial charge in [0.25, 0.3) is 0 Å². The Bertz CT molecular complexity index is 7280. The molecule has 14 aromatic carbocycles. The van der Waals surface area contributed by atoms with Crippen molar-refractivity contribution in [1.29, 1.82) is 0 Å². The third-order valence-electron chi connectivity index (χ3n) is 20.0. The van der Waals surface area contributed by atoms with Crippen LogP contribution < -0.4 is 0 Å². The highest BCUT2D eigenvalue weighted by molar-refractivity contribution is 7.27. The first-order chi connectivity index (χ1) is 50.4. The number of hydrogen-bond acceptors (Lipinski definition) is 12.